The first kappa shape index (κ1) is 14.6. The van der Waals surface area contributed by atoms with Crippen LogP contribution in [0, 0.1) is 15.9 Å². The second kappa shape index (κ2) is 5.84. The fourth-order valence-electron chi connectivity index (χ4n) is 2.94. The number of aromatic nitrogens is 2. The summed E-state index contributed by atoms with van der Waals surface area (Å²) in [5.41, 5.74) is 2.22. The van der Waals surface area contributed by atoms with Crippen LogP contribution in [-0.4, -0.2) is 32.7 Å². The lowest BCUT2D eigenvalue weighted by molar-refractivity contribution is -0.385. The molecule has 0 unspecified atom stereocenters. The van der Waals surface area contributed by atoms with Gasteiger partial charge in [0.05, 0.1) is 11.5 Å². The summed E-state index contributed by atoms with van der Waals surface area (Å²) in [5.74, 6) is -0.213. The Morgan fingerprint density at radius 1 is 1.45 bits per heavy atom. The van der Waals surface area contributed by atoms with Crippen molar-refractivity contribution in [3.63, 3.8) is 0 Å². The minimum atomic E-state index is -0.452. The van der Waals surface area contributed by atoms with E-state index in [0.717, 1.165) is 25.1 Å². The lowest BCUT2D eigenvalue weighted by Gasteiger charge is -2.35. The van der Waals surface area contributed by atoms with Gasteiger partial charge in [-0.05, 0) is 36.6 Å². The average Bonchev–Trinajstić information content (AvgIpc) is 2.96. The van der Waals surface area contributed by atoms with E-state index in [4.69, 9.17) is 0 Å². The summed E-state index contributed by atoms with van der Waals surface area (Å²) in [7, 11) is 0. The molecule has 0 fully saturated rings. The van der Waals surface area contributed by atoms with Crippen molar-refractivity contribution in [1.82, 2.24) is 14.7 Å². The van der Waals surface area contributed by atoms with E-state index in [1.165, 1.54) is 24.0 Å². The van der Waals surface area contributed by atoms with Gasteiger partial charge in [-0.2, -0.15) is 5.10 Å². The highest BCUT2D eigenvalue weighted by molar-refractivity contribution is 5.32. The van der Waals surface area contributed by atoms with E-state index < -0.39 is 4.92 Å². The van der Waals surface area contributed by atoms with Crippen LogP contribution >= 0.6 is 0 Å². The van der Waals surface area contributed by atoms with Crippen LogP contribution in [0.5, 0.6) is 0 Å². The van der Waals surface area contributed by atoms with Gasteiger partial charge < -0.3 is 0 Å². The third kappa shape index (κ3) is 2.85. The van der Waals surface area contributed by atoms with Gasteiger partial charge in [-0.15, -0.1) is 0 Å². The monoisotopic (exact) mass is 304 g/mol. The van der Waals surface area contributed by atoms with E-state index in [1.807, 2.05) is 6.07 Å². The molecule has 0 bridgehead atoms. The zero-order chi connectivity index (χ0) is 15.7. The number of rotatable bonds is 4. The topological polar surface area (TPSA) is 64.2 Å². The first-order valence-corrected chi connectivity index (χ1v) is 7.24. The molecular weight excluding hydrogens is 287 g/mol. The lowest BCUT2D eigenvalue weighted by atomic mass is 9.93. The molecule has 1 aromatic heterocycles. The van der Waals surface area contributed by atoms with Crippen LogP contribution in [0.4, 0.5) is 10.1 Å². The van der Waals surface area contributed by atoms with E-state index >= 15 is 0 Å². The molecule has 116 valence electrons. The van der Waals surface area contributed by atoms with Crippen molar-refractivity contribution in [2.45, 2.75) is 25.9 Å². The fourth-order valence-corrected chi connectivity index (χ4v) is 2.94. The maximum absolute atomic E-state index is 13.4. The van der Waals surface area contributed by atoms with Crippen molar-refractivity contribution < 1.29 is 9.31 Å². The number of benzene rings is 1. The summed E-state index contributed by atoms with van der Waals surface area (Å²) < 4.78 is 15.0. The largest absolute Gasteiger partial charge is 0.306 e. The molecule has 0 saturated heterocycles. The summed E-state index contributed by atoms with van der Waals surface area (Å²) in [4.78, 5) is 12.4. The number of nitrogens with zero attached hydrogens (tertiary/aromatic N) is 4. The molecule has 0 radical (unpaired) electrons. The molecule has 1 aromatic carbocycles. The quantitative estimate of drug-likeness (QED) is 0.643. The van der Waals surface area contributed by atoms with Gasteiger partial charge >= 0.3 is 5.69 Å². The van der Waals surface area contributed by atoms with E-state index in [9.17, 15) is 14.5 Å². The highest BCUT2D eigenvalue weighted by Gasteiger charge is 2.24. The molecule has 0 spiro atoms. The summed E-state index contributed by atoms with van der Waals surface area (Å²) in [6.07, 6.45) is 3.58. The summed E-state index contributed by atoms with van der Waals surface area (Å²) in [5, 5.41) is 14.6. The Bertz CT molecular complexity index is 701. The highest BCUT2D eigenvalue weighted by Crippen LogP contribution is 2.29. The molecule has 6 nitrogen and oxygen atoms in total. The lowest BCUT2D eigenvalue weighted by Crippen LogP contribution is -2.36. The Labute approximate surface area is 127 Å². The van der Waals surface area contributed by atoms with Gasteiger partial charge in [0.25, 0.3) is 0 Å². The zero-order valence-electron chi connectivity index (χ0n) is 12.3. The first-order chi connectivity index (χ1) is 10.5. The van der Waals surface area contributed by atoms with Gasteiger partial charge in [0.2, 0.25) is 0 Å². The maximum atomic E-state index is 13.4. The molecule has 22 heavy (non-hydrogen) atoms. The molecule has 2 heterocycles. The number of fused-ring (bicyclic) bond motifs is 1. The second-order valence-corrected chi connectivity index (χ2v) is 5.52. The molecule has 0 amide bonds. The number of halogens is 1. The van der Waals surface area contributed by atoms with Gasteiger partial charge in [0.1, 0.15) is 18.2 Å². The average molecular weight is 304 g/mol. The van der Waals surface area contributed by atoms with Crippen molar-refractivity contribution in [2.75, 3.05) is 13.1 Å². The standard InChI is InChI=1S/C15H17FN4O2/c1-11-15-8-13(16)3-2-12(15)4-5-18(11)6-7-19-10-14(9-17-19)20(21)22/h2-3,8-11H,4-7H2,1H3/t11-/m1/s1. The van der Waals surface area contributed by atoms with Gasteiger partial charge in [0.15, 0.2) is 0 Å². The molecule has 1 aliphatic rings. The third-order valence-corrected chi connectivity index (χ3v) is 4.22. The van der Waals surface area contributed by atoms with Gasteiger partial charge in [-0.3, -0.25) is 19.7 Å². The predicted octanol–water partition coefficient (Wildman–Crippen LogP) is 2.55. The molecule has 1 aliphatic heterocycles. The van der Waals surface area contributed by atoms with Crippen molar-refractivity contribution in [3.8, 4) is 0 Å². The predicted molar refractivity (Wildman–Crippen MR) is 79.0 cm³/mol. The van der Waals surface area contributed by atoms with E-state index in [2.05, 4.69) is 16.9 Å². The number of hydrogen-bond acceptors (Lipinski definition) is 4. The van der Waals surface area contributed by atoms with Gasteiger partial charge in [0, 0.05) is 19.1 Å². The van der Waals surface area contributed by atoms with Crippen LogP contribution < -0.4 is 0 Å². The van der Waals surface area contributed by atoms with Crippen LogP contribution in [0.25, 0.3) is 0 Å². The molecule has 2 aromatic rings. The van der Waals surface area contributed by atoms with Crippen LogP contribution in [-0.2, 0) is 13.0 Å². The van der Waals surface area contributed by atoms with Crippen molar-refractivity contribution in [2.24, 2.45) is 0 Å². The first-order valence-electron chi connectivity index (χ1n) is 7.24. The SMILES string of the molecule is C[C@@H]1c2cc(F)ccc2CCN1CCn1cc([N+](=O)[O-])cn1. The Kier molecular flexibility index (Phi) is 3.89. The van der Waals surface area contributed by atoms with Crippen molar-refractivity contribution >= 4 is 5.69 Å². The molecule has 1 atom stereocenters. The van der Waals surface area contributed by atoms with Crippen LogP contribution in [0.2, 0.25) is 0 Å². The normalized spacial score (nSPS) is 18.2. The summed E-state index contributed by atoms with van der Waals surface area (Å²) >= 11 is 0. The fraction of sp³-hybridized carbons (Fsp3) is 0.400. The number of nitro groups is 1. The zero-order valence-corrected chi connectivity index (χ0v) is 12.3. The molecular formula is C15H17FN4O2. The highest BCUT2D eigenvalue weighted by atomic mass is 19.1. The van der Waals surface area contributed by atoms with E-state index in [-0.39, 0.29) is 17.5 Å². The Balaban J connectivity index is 1.67. The van der Waals surface area contributed by atoms with E-state index in [0.29, 0.717) is 6.54 Å². The van der Waals surface area contributed by atoms with Crippen LogP contribution in [0.3, 0.4) is 0 Å². The van der Waals surface area contributed by atoms with Crippen molar-refractivity contribution in [3.05, 3.63) is 57.7 Å². The minimum absolute atomic E-state index is 0.000825. The molecule has 0 aliphatic carbocycles. The molecule has 7 heteroatoms. The molecule has 0 saturated carbocycles. The smallest absolute Gasteiger partial charge is 0.294 e. The summed E-state index contributed by atoms with van der Waals surface area (Å²) in [6.45, 7) is 4.24. The van der Waals surface area contributed by atoms with Crippen molar-refractivity contribution in [1.29, 1.82) is 0 Å². The Morgan fingerprint density at radius 3 is 3.00 bits per heavy atom. The van der Waals surface area contributed by atoms with Gasteiger partial charge in [-0.25, -0.2) is 4.39 Å². The molecule has 0 N–H and O–H groups in total. The summed E-state index contributed by atoms with van der Waals surface area (Å²) in [6, 6.07) is 5.09. The Hall–Kier alpha value is -2.28. The minimum Gasteiger partial charge on any atom is -0.294 e. The second-order valence-electron chi connectivity index (χ2n) is 5.52. The molecule has 3 rings (SSSR count). The Morgan fingerprint density at radius 2 is 2.27 bits per heavy atom. The van der Waals surface area contributed by atoms with Gasteiger partial charge in [-0.1, -0.05) is 6.07 Å². The third-order valence-electron chi connectivity index (χ3n) is 4.22. The van der Waals surface area contributed by atoms with E-state index in [1.54, 1.807) is 10.7 Å². The van der Waals surface area contributed by atoms with Crippen LogP contribution in [0.15, 0.2) is 30.6 Å². The maximum Gasteiger partial charge on any atom is 0.306 e. The number of hydrogen-bond donors (Lipinski definition) is 0. The van der Waals surface area contributed by atoms with Crippen LogP contribution in [0.1, 0.15) is 24.1 Å².